The highest BCUT2D eigenvalue weighted by Gasteiger charge is 2.24. The Balaban J connectivity index is 1.59. The Bertz CT molecular complexity index is 934. The predicted octanol–water partition coefficient (Wildman–Crippen LogP) is 2.67. The molecule has 1 amide bonds. The summed E-state index contributed by atoms with van der Waals surface area (Å²) in [6.45, 7) is 5.59. The monoisotopic (exact) mass is 416 g/mol. The van der Waals surface area contributed by atoms with E-state index < -0.39 is 10.0 Å². The van der Waals surface area contributed by atoms with E-state index in [1.165, 1.54) is 4.31 Å². The zero-order valence-corrected chi connectivity index (χ0v) is 16.9. The van der Waals surface area contributed by atoms with Crippen molar-refractivity contribution >= 4 is 21.6 Å². The van der Waals surface area contributed by atoms with Gasteiger partial charge >= 0.3 is 0 Å². The first kappa shape index (κ1) is 21.0. The molecule has 0 bridgehead atoms. The van der Waals surface area contributed by atoms with Crippen molar-refractivity contribution in [3.05, 3.63) is 72.3 Å². The topological polar surface area (TPSA) is 84.9 Å². The fraction of sp³-hybridized carbons (Fsp3) is 0.286. The highest BCUT2D eigenvalue weighted by molar-refractivity contribution is 7.88. The van der Waals surface area contributed by atoms with Crippen LogP contribution in [0.4, 0.5) is 5.69 Å². The van der Waals surface area contributed by atoms with Gasteiger partial charge in [0.1, 0.15) is 12.4 Å². The molecule has 7 nitrogen and oxygen atoms in total. The molecule has 1 fully saturated rings. The van der Waals surface area contributed by atoms with Crippen LogP contribution >= 0.6 is 0 Å². The van der Waals surface area contributed by atoms with Gasteiger partial charge in [-0.1, -0.05) is 24.8 Å². The normalized spacial score (nSPS) is 14.9. The van der Waals surface area contributed by atoms with Crippen LogP contribution in [0.3, 0.4) is 0 Å². The summed E-state index contributed by atoms with van der Waals surface area (Å²) in [6, 6.07) is 13.6. The molecule has 1 saturated heterocycles. The van der Waals surface area contributed by atoms with E-state index >= 15 is 0 Å². The molecule has 0 unspecified atom stereocenters. The maximum absolute atomic E-state index is 12.5. The van der Waals surface area contributed by atoms with Crippen molar-refractivity contribution in [3.8, 4) is 5.75 Å². The van der Waals surface area contributed by atoms with Crippen LogP contribution in [0.5, 0.6) is 5.75 Å². The summed E-state index contributed by atoms with van der Waals surface area (Å²) in [5.74, 6) is 0.322. The summed E-state index contributed by atoms with van der Waals surface area (Å²) in [5, 5.41) is 2.81. The third-order valence-corrected chi connectivity index (χ3v) is 6.26. The molecule has 0 spiro atoms. The molecule has 0 aromatic heterocycles. The lowest BCUT2D eigenvalue weighted by Crippen LogP contribution is -2.41. The third-order valence-electron chi connectivity index (χ3n) is 4.41. The van der Waals surface area contributed by atoms with Crippen molar-refractivity contribution in [2.45, 2.75) is 5.75 Å². The minimum Gasteiger partial charge on any atom is -0.490 e. The molecular formula is C21H24N2O5S. The predicted molar refractivity (Wildman–Crippen MR) is 112 cm³/mol. The van der Waals surface area contributed by atoms with E-state index in [2.05, 4.69) is 11.9 Å². The van der Waals surface area contributed by atoms with Crippen LogP contribution in [-0.4, -0.2) is 51.5 Å². The van der Waals surface area contributed by atoms with E-state index in [-0.39, 0.29) is 11.7 Å². The van der Waals surface area contributed by atoms with Crippen molar-refractivity contribution < 1.29 is 22.7 Å². The molecule has 0 saturated carbocycles. The molecule has 0 atom stereocenters. The molecule has 3 rings (SSSR count). The lowest BCUT2D eigenvalue weighted by atomic mass is 10.1. The fourth-order valence-corrected chi connectivity index (χ4v) is 4.37. The van der Waals surface area contributed by atoms with Gasteiger partial charge in [0, 0.05) is 24.3 Å². The number of amides is 1. The number of anilines is 1. The molecule has 154 valence electrons. The van der Waals surface area contributed by atoms with Gasteiger partial charge in [-0.2, -0.15) is 4.31 Å². The second-order valence-corrected chi connectivity index (χ2v) is 8.51. The molecule has 29 heavy (non-hydrogen) atoms. The number of morpholine rings is 1. The molecular weight excluding hydrogens is 392 g/mol. The molecule has 2 aromatic carbocycles. The Morgan fingerprint density at radius 2 is 1.76 bits per heavy atom. The molecule has 1 N–H and O–H groups in total. The summed E-state index contributed by atoms with van der Waals surface area (Å²) in [4.78, 5) is 12.4. The van der Waals surface area contributed by atoms with Crippen molar-refractivity contribution in [1.82, 2.24) is 4.31 Å². The summed E-state index contributed by atoms with van der Waals surface area (Å²) in [6.07, 6.45) is 1.66. The fourth-order valence-electron chi connectivity index (χ4n) is 2.87. The van der Waals surface area contributed by atoms with E-state index in [4.69, 9.17) is 9.47 Å². The van der Waals surface area contributed by atoms with E-state index in [0.717, 1.165) is 0 Å². The first-order valence-electron chi connectivity index (χ1n) is 9.27. The van der Waals surface area contributed by atoms with Crippen LogP contribution in [0.1, 0.15) is 15.9 Å². The second-order valence-electron chi connectivity index (χ2n) is 6.54. The average molecular weight is 416 g/mol. The van der Waals surface area contributed by atoms with Crippen LogP contribution in [0, 0.1) is 0 Å². The number of nitrogens with one attached hydrogen (secondary N) is 1. The first-order chi connectivity index (χ1) is 14.0. The van der Waals surface area contributed by atoms with Gasteiger partial charge in [-0.15, -0.1) is 0 Å². The Labute approximate surface area is 171 Å². The van der Waals surface area contributed by atoms with Crippen LogP contribution in [0.15, 0.2) is 61.2 Å². The maximum atomic E-state index is 12.5. The molecule has 2 aromatic rings. The Hall–Kier alpha value is -2.68. The minimum absolute atomic E-state index is 0.0962. The van der Waals surface area contributed by atoms with Crippen molar-refractivity contribution in [1.29, 1.82) is 0 Å². The minimum atomic E-state index is -3.39. The van der Waals surface area contributed by atoms with E-state index in [1.54, 1.807) is 54.6 Å². The Kier molecular flexibility index (Phi) is 7.03. The lowest BCUT2D eigenvalue weighted by Gasteiger charge is -2.26. The second kappa shape index (κ2) is 9.69. The van der Waals surface area contributed by atoms with E-state index in [1.807, 2.05) is 0 Å². The van der Waals surface area contributed by atoms with Crippen LogP contribution in [-0.2, 0) is 20.5 Å². The van der Waals surface area contributed by atoms with E-state index in [0.29, 0.717) is 55.5 Å². The summed E-state index contributed by atoms with van der Waals surface area (Å²) in [7, 11) is -3.39. The number of carbonyl (C=O) groups is 1. The van der Waals surface area contributed by atoms with Gasteiger partial charge in [-0.25, -0.2) is 8.42 Å². The van der Waals surface area contributed by atoms with Gasteiger partial charge < -0.3 is 14.8 Å². The quantitative estimate of drug-likeness (QED) is 0.669. The van der Waals surface area contributed by atoms with Gasteiger partial charge in [-0.05, 0) is 42.0 Å². The number of hydrogen-bond acceptors (Lipinski definition) is 5. The van der Waals surface area contributed by atoms with Gasteiger partial charge in [0.25, 0.3) is 5.91 Å². The summed E-state index contributed by atoms with van der Waals surface area (Å²) < 4.78 is 37.0. The van der Waals surface area contributed by atoms with Crippen molar-refractivity contribution in [3.63, 3.8) is 0 Å². The molecule has 1 aliphatic rings. The number of rotatable bonds is 8. The van der Waals surface area contributed by atoms with Gasteiger partial charge in [0.05, 0.1) is 19.0 Å². The lowest BCUT2D eigenvalue weighted by molar-refractivity contribution is 0.0729. The Morgan fingerprint density at radius 1 is 1.10 bits per heavy atom. The number of hydrogen-bond donors (Lipinski definition) is 1. The molecule has 0 aliphatic carbocycles. The molecule has 1 aliphatic heterocycles. The molecule has 8 heteroatoms. The van der Waals surface area contributed by atoms with E-state index in [9.17, 15) is 13.2 Å². The smallest absolute Gasteiger partial charge is 0.255 e. The van der Waals surface area contributed by atoms with Gasteiger partial charge in [0.2, 0.25) is 10.0 Å². The van der Waals surface area contributed by atoms with Gasteiger partial charge in [-0.3, -0.25) is 4.79 Å². The number of sulfonamides is 1. The molecule has 1 heterocycles. The zero-order valence-electron chi connectivity index (χ0n) is 16.0. The SMILES string of the molecule is C=CCOc1ccc(NC(=O)c2ccc(CS(=O)(=O)N3CCOCC3)cc2)cc1. The number of ether oxygens (including phenoxy) is 2. The van der Waals surface area contributed by atoms with Gasteiger partial charge in [0.15, 0.2) is 0 Å². The summed E-state index contributed by atoms with van der Waals surface area (Å²) in [5.41, 5.74) is 1.72. The third kappa shape index (κ3) is 5.90. The highest BCUT2D eigenvalue weighted by Crippen LogP contribution is 2.18. The average Bonchev–Trinajstić information content (AvgIpc) is 2.74. The van der Waals surface area contributed by atoms with Crippen LogP contribution in [0.2, 0.25) is 0 Å². The van der Waals surface area contributed by atoms with Crippen molar-refractivity contribution in [2.24, 2.45) is 0 Å². The summed E-state index contributed by atoms with van der Waals surface area (Å²) >= 11 is 0. The first-order valence-corrected chi connectivity index (χ1v) is 10.9. The Morgan fingerprint density at radius 3 is 2.38 bits per heavy atom. The number of nitrogens with zero attached hydrogens (tertiary/aromatic N) is 1. The maximum Gasteiger partial charge on any atom is 0.255 e. The number of benzene rings is 2. The van der Waals surface area contributed by atoms with Crippen LogP contribution in [0.25, 0.3) is 0 Å². The largest absolute Gasteiger partial charge is 0.490 e. The number of carbonyl (C=O) groups excluding carboxylic acids is 1. The highest BCUT2D eigenvalue weighted by atomic mass is 32.2. The zero-order chi connectivity index (χ0) is 20.7. The van der Waals surface area contributed by atoms with Crippen LogP contribution < -0.4 is 10.1 Å². The standard InChI is InChI=1S/C21H24N2O5S/c1-2-13-28-20-9-7-19(8-10-20)22-21(24)18-5-3-17(4-6-18)16-29(25,26)23-11-14-27-15-12-23/h2-10H,1,11-16H2,(H,22,24). The van der Waals surface area contributed by atoms with Crippen molar-refractivity contribution in [2.75, 3.05) is 38.2 Å². The molecule has 0 radical (unpaired) electrons.